The summed E-state index contributed by atoms with van der Waals surface area (Å²) >= 11 is 0. The molecular formula is C5H5NO3. The molecule has 0 atom stereocenters. The summed E-state index contributed by atoms with van der Waals surface area (Å²) in [6, 6.07) is 0. The highest BCUT2D eigenvalue weighted by atomic mass is 16.9. The van der Waals surface area contributed by atoms with E-state index in [-0.39, 0.29) is 0 Å². The Morgan fingerprint density at radius 2 is 2.44 bits per heavy atom. The van der Waals surface area contributed by atoms with Crippen molar-refractivity contribution < 1.29 is 14.4 Å². The Bertz CT molecular complexity index is 185. The molecule has 0 aromatic carbocycles. The van der Waals surface area contributed by atoms with Gasteiger partial charge in [0.25, 0.3) is 0 Å². The van der Waals surface area contributed by atoms with Crippen LogP contribution in [0.15, 0.2) is 23.9 Å². The second-order valence-corrected chi connectivity index (χ2v) is 1.69. The van der Waals surface area contributed by atoms with Crippen molar-refractivity contribution in [3.05, 3.63) is 23.9 Å². The van der Waals surface area contributed by atoms with Crippen molar-refractivity contribution in [3.8, 4) is 0 Å². The summed E-state index contributed by atoms with van der Waals surface area (Å²) in [6.45, 7) is 0.443. The first-order valence-corrected chi connectivity index (χ1v) is 2.57. The van der Waals surface area contributed by atoms with Gasteiger partial charge in [0.1, 0.15) is 0 Å². The molecule has 0 aliphatic carbocycles. The molecule has 0 fully saturated rings. The zero-order chi connectivity index (χ0) is 6.10. The first kappa shape index (κ1) is 4.69. The molecule has 4 nitrogen and oxygen atoms in total. The van der Waals surface area contributed by atoms with Crippen LogP contribution in [0.1, 0.15) is 0 Å². The minimum Gasteiger partial charge on any atom is -0.493 e. The lowest BCUT2D eigenvalue weighted by Crippen LogP contribution is -2.04. The maximum Gasteiger partial charge on any atom is 0.210 e. The van der Waals surface area contributed by atoms with Crippen molar-refractivity contribution in [2.75, 3.05) is 6.61 Å². The number of rotatable bonds is 0. The highest BCUT2D eigenvalue weighted by Crippen LogP contribution is 2.17. The van der Waals surface area contributed by atoms with Crippen LogP contribution in [0.5, 0.6) is 0 Å². The van der Waals surface area contributed by atoms with Crippen molar-refractivity contribution in [3.63, 3.8) is 0 Å². The minimum atomic E-state index is 0.443. The molecule has 0 spiro atoms. The molecule has 0 aromatic rings. The van der Waals surface area contributed by atoms with Gasteiger partial charge in [-0.2, -0.15) is 0 Å². The predicted molar refractivity (Wildman–Crippen MR) is 27.4 cm³/mol. The molecule has 0 unspecified atom stereocenters. The third kappa shape index (κ3) is 0.639. The average Bonchev–Trinajstić information content (AvgIpc) is 2.33. The van der Waals surface area contributed by atoms with Gasteiger partial charge in [-0.25, -0.2) is 0 Å². The minimum absolute atomic E-state index is 0.443. The molecule has 2 aliphatic rings. The summed E-state index contributed by atoms with van der Waals surface area (Å²) in [6.07, 6.45) is 3.26. The molecule has 48 valence electrons. The van der Waals surface area contributed by atoms with E-state index in [0.717, 1.165) is 0 Å². The lowest BCUT2D eigenvalue weighted by atomic mass is 10.4. The fourth-order valence-electron chi connectivity index (χ4n) is 0.685. The number of hydrogen-bond donors (Lipinski definition) is 1. The van der Waals surface area contributed by atoms with E-state index in [0.29, 0.717) is 18.1 Å². The van der Waals surface area contributed by atoms with Crippen LogP contribution in [0.3, 0.4) is 0 Å². The van der Waals surface area contributed by atoms with Crippen molar-refractivity contribution in [2.24, 2.45) is 0 Å². The molecule has 0 bridgehead atoms. The second-order valence-electron chi connectivity index (χ2n) is 1.69. The van der Waals surface area contributed by atoms with E-state index in [9.17, 15) is 0 Å². The van der Waals surface area contributed by atoms with Crippen LogP contribution in [-0.2, 0) is 14.4 Å². The summed E-state index contributed by atoms with van der Waals surface area (Å²) in [5.41, 5.74) is 2.26. The quantitative estimate of drug-likeness (QED) is 0.505. The van der Waals surface area contributed by atoms with Gasteiger partial charge in [-0.3, -0.25) is 0 Å². The summed E-state index contributed by atoms with van der Waals surface area (Å²) in [5, 5.41) is 0. The lowest BCUT2D eigenvalue weighted by molar-refractivity contribution is -0.0662. The van der Waals surface area contributed by atoms with Crippen molar-refractivity contribution in [1.29, 1.82) is 0 Å². The molecule has 0 saturated heterocycles. The van der Waals surface area contributed by atoms with Crippen molar-refractivity contribution in [2.45, 2.75) is 0 Å². The van der Waals surface area contributed by atoms with E-state index < -0.39 is 0 Å². The normalized spacial score (nSPS) is 22.2. The molecule has 2 rings (SSSR count). The van der Waals surface area contributed by atoms with Gasteiger partial charge in [0.15, 0.2) is 12.4 Å². The van der Waals surface area contributed by atoms with E-state index in [1.807, 2.05) is 0 Å². The van der Waals surface area contributed by atoms with Crippen LogP contribution in [-0.4, -0.2) is 6.61 Å². The van der Waals surface area contributed by atoms with Gasteiger partial charge in [0, 0.05) is 11.7 Å². The van der Waals surface area contributed by atoms with Gasteiger partial charge in [-0.1, -0.05) is 0 Å². The molecule has 0 saturated carbocycles. The van der Waals surface area contributed by atoms with Crippen LogP contribution >= 0.6 is 0 Å². The molecule has 0 radical (unpaired) electrons. The number of hydrogen-bond acceptors (Lipinski definition) is 4. The van der Waals surface area contributed by atoms with E-state index in [4.69, 9.17) is 14.4 Å². The summed E-state index contributed by atoms with van der Waals surface area (Å²) in [4.78, 5) is 9.59. The van der Waals surface area contributed by atoms with Crippen LogP contribution in [0.25, 0.3) is 0 Å². The van der Waals surface area contributed by atoms with Crippen molar-refractivity contribution in [1.82, 2.24) is 5.64 Å². The highest BCUT2D eigenvalue weighted by Gasteiger charge is 2.18. The summed E-state index contributed by atoms with van der Waals surface area (Å²) in [5.74, 6) is 1.39. The van der Waals surface area contributed by atoms with Gasteiger partial charge >= 0.3 is 0 Å². The van der Waals surface area contributed by atoms with E-state index >= 15 is 0 Å². The van der Waals surface area contributed by atoms with E-state index in [2.05, 4.69) is 5.64 Å². The standard InChI is InChI=1S/C5H5NO3/c1-2-7-3-5-4(1)8-6-9-5/h1-2,6H,3H2. The molecule has 2 aliphatic heterocycles. The Morgan fingerprint density at radius 1 is 1.44 bits per heavy atom. The fraction of sp³-hybridized carbons (Fsp3) is 0.200. The Hall–Kier alpha value is -1.16. The van der Waals surface area contributed by atoms with E-state index in [1.54, 1.807) is 12.3 Å². The van der Waals surface area contributed by atoms with Gasteiger partial charge < -0.3 is 14.4 Å². The van der Waals surface area contributed by atoms with Crippen LogP contribution in [0, 0.1) is 0 Å². The fourth-order valence-corrected chi connectivity index (χ4v) is 0.685. The zero-order valence-corrected chi connectivity index (χ0v) is 4.59. The molecule has 9 heavy (non-hydrogen) atoms. The van der Waals surface area contributed by atoms with Crippen molar-refractivity contribution >= 4 is 0 Å². The molecule has 0 aromatic heterocycles. The maximum atomic E-state index is 4.90. The molecule has 4 heteroatoms. The smallest absolute Gasteiger partial charge is 0.210 e. The van der Waals surface area contributed by atoms with Gasteiger partial charge in [0.05, 0.1) is 6.26 Å². The second kappa shape index (κ2) is 1.66. The molecule has 0 amide bonds. The van der Waals surface area contributed by atoms with Crippen LogP contribution in [0.2, 0.25) is 0 Å². The maximum absolute atomic E-state index is 4.90. The number of ether oxygens (including phenoxy) is 1. The molecular weight excluding hydrogens is 122 g/mol. The third-order valence-corrected chi connectivity index (χ3v) is 1.12. The zero-order valence-electron chi connectivity index (χ0n) is 4.59. The Kier molecular flexibility index (Phi) is 0.868. The highest BCUT2D eigenvalue weighted by molar-refractivity contribution is 5.19. The largest absolute Gasteiger partial charge is 0.493 e. The Labute approximate surface area is 51.6 Å². The Morgan fingerprint density at radius 3 is 3.33 bits per heavy atom. The lowest BCUT2D eigenvalue weighted by Gasteiger charge is -2.02. The number of nitrogens with one attached hydrogen (secondary N) is 1. The Balaban J connectivity index is 2.28. The summed E-state index contributed by atoms with van der Waals surface area (Å²) in [7, 11) is 0. The SMILES string of the molecule is C1=CC2=C(CO1)ONO2. The third-order valence-electron chi connectivity index (χ3n) is 1.12. The molecule has 2 heterocycles. The first-order chi connectivity index (χ1) is 4.47. The monoisotopic (exact) mass is 127 g/mol. The van der Waals surface area contributed by atoms with Crippen LogP contribution in [0.4, 0.5) is 0 Å². The number of allylic oxidation sites excluding steroid dienone is 1. The van der Waals surface area contributed by atoms with Gasteiger partial charge in [-0.05, 0) is 0 Å². The average molecular weight is 127 g/mol. The van der Waals surface area contributed by atoms with E-state index in [1.165, 1.54) is 0 Å². The molecule has 1 N–H and O–H groups in total. The van der Waals surface area contributed by atoms with Gasteiger partial charge in [-0.15, -0.1) is 0 Å². The van der Waals surface area contributed by atoms with Crippen LogP contribution < -0.4 is 5.64 Å². The van der Waals surface area contributed by atoms with Gasteiger partial charge in [0.2, 0.25) is 5.76 Å². The summed E-state index contributed by atoms with van der Waals surface area (Å²) < 4.78 is 4.90. The first-order valence-electron chi connectivity index (χ1n) is 2.57. The topological polar surface area (TPSA) is 39.7 Å². The predicted octanol–water partition coefficient (Wildman–Crippen LogP) is 0.208.